The Kier molecular flexibility index (Phi) is 3.93. The summed E-state index contributed by atoms with van der Waals surface area (Å²) in [5, 5.41) is 3.94. The molecule has 2 aliphatic rings. The van der Waals surface area contributed by atoms with Crippen molar-refractivity contribution in [3.05, 3.63) is 16.3 Å². The van der Waals surface area contributed by atoms with Gasteiger partial charge in [-0.15, -0.1) is 11.3 Å². The summed E-state index contributed by atoms with van der Waals surface area (Å²) in [5.41, 5.74) is 1.48. The third-order valence-corrected chi connectivity index (χ3v) is 6.03. The molecule has 0 atom stereocenters. The Hall–Kier alpha value is -1.69. The molecule has 0 saturated carbocycles. The van der Waals surface area contributed by atoms with Crippen LogP contribution in [-0.2, 0) is 24.1 Å². The number of carbonyl (C=O) groups is 1. The van der Waals surface area contributed by atoms with Crippen molar-refractivity contribution < 1.29 is 4.79 Å². The van der Waals surface area contributed by atoms with E-state index in [2.05, 4.69) is 10.2 Å². The van der Waals surface area contributed by atoms with Crippen LogP contribution in [0.2, 0.25) is 0 Å². The van der Waals surface area contributed by atoms with Crippen molar-refractivity contribution in [1.82, 2.24) is 15.3 Å². The van der Waals surface area contributed by atoms with Crippen molar-refractivity contribution in [1.29, 1.82) is 0 Å². The maximum atomic E-state index is 11.7. The van der Waals surface area contributed by atoms with Crippen LogP contribution in [0.4, 0.5) is 5.82 Å². The third kappa shape index (κ3) is 2.69. The molecule has 0 bridgehead atoms. The van der Waals surface area contributed by atoms with Crippen molar-refractivity contribution in [2.75, 3.05) is 25.0 Å². The Labute approximate surface area is 140 Å². The standard InChI is InChI=1S/C17H22N4OS/c1-18-14(22)10-13-19-16(21-8-4-5-9-21)15-11-6-2-3-7-12(11)23-17(15)20-13/h2-10H2,1H3,(H,18,22). The monoisotopic (exact) mass is 330 g/mol. The minimum atomic E-state index is -0.0296. The van der Waals surface area contributed by atoms with E-state index in [0.717, 1.165) is 30.2 Å². The zero-order valence-corrected chi connectivity index (χ0v) is 14.3. The number of rotatable bonds is 3. The lowest BCUT2D eigenvalue weighted by atomic mass is 9.97. The number of hydrogen-bond acceptors (Lipinski definition) is 5. The summed E-state index contributed by atoms with van der Waals surface area (Å²) < 4.78 is 0. The number of amides is 1. The lowest BCUT2D eigenvalue weighted by Crippen LogP contribution is -2.24. The molecule has 1 saturated heterocycles. The average molecular weight is 330 g/mol. The molecule has 122 valence electrons. The average Bonchev–Trinajstić information content (AvgIpc) is 3.21. The second-order valence-corrected chi connectivity index (χ2v) is 7.48. The largest absolute Gasteiger partial charge is 0.359 e. The number of hydrogen-bond donors (Lipinski definition) is 1. The van der Waals surface area contributed by atoms with E-state index >= 15 is 0 Å². The van der Waals surface area contributed by atoms with Gasteiger partial charge in [0, 0.05) is 25.0 Å². The lowest BCUT2D eigenvalue weighted by molar-refractivity contribution is -0.120. The van der Waals surface area contributed by atoms with E-state index in [9.17, 15) is 4.79 Å². The number of thiophene rings is 1. The van der Waals surface area contributed by atoms with E-state index in [1.54, 1.807) is 7.05 Å². The Bertz CT molecular complexity index is 749. The van der Waals surface area contributed by atoms with Gasteiger partial charge in [0.2, 0.25) is 5.91 Å². The maximum Gasteiger partial charge on any atom is 0.227 e. The summed E-state index contributed by atoms with van der Waals surface area (Å²) in [6, 6.07) is 0. The summed E-state index contributed by atoms with van der Waals surface area (Å²) in [6.45, 7) is 2.13. The number of aryl methyl sites for hydroxylation is 2. The highest BCUT2D eigenvalue weighted by Gasteiger charge is 2.25. The number of likely N-dealkylation sites (N-methyl/N-ethyl adjacent to an activating group) is 1. The molecule has 6 heteroatoms. The smallest absolute Gasteiger partial charge is 0.227 e. The summed E-state index contributed by atoms with van der Waals surface area (Å²) in [4.78, 5) is 26.2. The van der Waals surface area contributed by atoms with E-state index < -0.39 is 0 Å². The SMILES string of the molecule is CNC(=O)Cc1nc(N2CCCC2)c2c3c(sc2n1)CCCC3. The summed E-state index contributed by atoms with van der Waals surface area (Å²) in [5.74, 6) is 1.70. The molecule has 23 heavy (non-hydrogen) atoms. The molecule has 3 heterocycles. The van der Waals surface area contributed by atoms with Crippen LogP contribution in [-0.4, -0.2) is 36.0 Å². The molecule has 4 rings (SSSR count). The van der Waals surface area contributed by atoms with Gasteiger partial charge in [-0.25, -0.2) is 9.97 Å². The van der Waals surface area contributed by atoms with E-state index in [4.69, 9.17) is 9.97 Å². The molecule has 2 aromatic heterocycles. The Balaban J connectivity index is 1.86. The van der Waals surface area contributed by atoms with Crippen molar-refractivity contribution in [3.8, 4) is 0 Å². The van der Waals surface area contributed by atoms with Crippen molar-refractivity contribution in [2.45, 2.75) is 44.9 Å². The van der Waals surface area contributed by atoms with E-state index in [1.807, 2.05) is 11.3 Å². The van der Waals surface area contributed by atoms with Crippen LogP contribution >= 0.6 is 11.3 Å². The lowest BCUT2D eigenvalue weighted by Gasteiger charge is -2.20. The highest BCUT2D eigenvalue weighted by molar-refractivity contribution is 7.19. The second kappa shape index (κ2) is 6.07. The van der Waals surface area contributed by atoms with Crippen LogP contribution < -0.4 is 10.2 Å². The van der Waals surface area contributed by atoms with Crippen molar-refractivity contribution in [2.24, 2.45) is 0 Å². The first-order valence-electron chi connectivity index (χ1n) is 8.53. The molecule has 2 aromatic rings. The second-order valence-electron chi connectivity index (χ2n) is 6.40. The van der Waals surface area contributed by atoms with Crippen LogP contribution in [0.3, 0.4) is 0 Å². The van der Waals surface area contributed by atoms with Gasteiger partial charge in [-0.2, -0.15) is 0 Å². The molecule has 0 spiro atoms. The van der Waals surface area contributed by atoms with Gasteiger partial charge in [0.15, 0.2) is 0 Å². The molecular weight excluding hydrogens is 308 g/mol. The molecule has 5 nitrogen and oxygen atoms in total. The molecule has 1 aliphatic heterocycles. The van der Waals surface area contributed by atoms with Gasteiger partial charge in [-0.3, -0.25) is 4.79 Å². The fourth-order valence-corrected chi connectivity index (χ4v) is 4.92. The first-order valence-corrected chi connectivity index (χ1v) is 9.34. The summed E-state index contributed by atoms with van der Waals surface area (Å²) in [7, 11) is 1.66. The van der Waals surface area contributed by atoms with E-state index in [0.29, 0.717) is 5.82 Å². The van der Waals surface area contributed by atoms with Crippen LogP contribution in [0.25, 0.3) is 10.2 Å². The Morgan fingerprint density at radius 1 is 1.17 bits per heavy atom. The highest BCUT2D eigenvalue weighted by Crippen LogP contribution is 2.40. The van der Waals surface area contributed by atoms with Gasteiger partial charge in [0.1, 0.15) is 16.5 Å². The minimum absolute atomic E-state index is 0.0296. The van der Waals surface area contributed by atoms with Crippen LogP contribution in [0.5, 0.6) is 0 Å². The van der Waals surface area contributed by atoms with Gasteiger partial charge in [0.25, 0.3) is 0 Å². The summed E-state index contributed by atoms with van der Waals surface area (Å²) in [6.07, 6.45) is 7.56. The molecule has 1 fully saturated rings. The van der Waals surface area contributed by atoms with Crippen molar-refractivity contribution in [3.63, 3.8) is 0 Å². The Morgan fingerprint density at radius 3 is 2.74 bits per heavy atom. The minimum Gasteiger partial charge on any atom is -0.359 e. The van der Waals surface area contributed by atoms with Crippen LogP contribution in [0.1, 0.15) is 41.9 Å². The Morgan fingerprint density at radius 2 is 1.96 bits per heavy atom. The van der Waals surface area contributed by atoms with E-state index in [1.165, 1.54) is 47.9 Å². The number of anilines is 1. The van der Waals surface area contributed by atoms with Gasteiger partial charge < -0.3 is 10.2 Å². The fourth-order valence-electron chi connectivity index (χ4n) is 3.65. The number of carbonyl (C=O) groups excluding carboxylic acids is 1. The van der Waals surface area contributed by atoms with Crippen molar-refractivity contribution >= 4 is 33.3 Å². The number of aromatic nitrogens is 2. The molecular formula is C17H22N4OS. The molecule has 0 unspecified atom stereocenters. The zero-order valence-electron chi connectivity index (χ0n) is 13.5. The van der Waals surface area contributed by atoms with Crippen LogP contribution in [0.15, 0.2) is 0 Å². The predicted molar refractivity (Wildman–Crippen MR) is 93.3 cm³/mol. The van der Waals surface area contributed by atoms with Crippen LogP contribution in [0, 0.1) is 0 Å². The molecule has 0 radical (unpaired) electrons. The van der Waals surface area contributed by atoms with Gasteiger partial charge in [0.05, 0.1) is 11.8 Å². The van der Waals surface area contributed by atoms with Gasteiger partial charge in [-0.05, 0) is 44.1 Å². The first-order chi connectivity index (χ1) is 11.3. The van der Waals surface area contributed by atoms with Gasteiger partial charge in [-0.1, -0.05) is 0 Å². The normalized spacial score (nSPS) is 17.5. The number of nitrogens with one attached hydrogen (secondary N) is 1. The third-order valence-electron chi connectivity index (χ3n) is 4.84. The van der Waals surface area contributed by atoms with E-state index in [-0.39, 0.29) is 12.3 Å². The molecule has 1 amide bonds. The zero-order chi connectivity index (χ0) is 15.8. The highest BCUT2D eigenvalue weighted by atomic mass is 32.1. The maximum absolute atomic E-state index is 11.7. The first kappa shape index (κ1) is 14.9. The predicted octanol–water partition coefficient (Wildman–Crippen LogP) is 2.46. The summed E-state index contributed by atoms with van der Waals surface area (Å²) >= 11 is 1.81. The molecule has 1 N–H and O–H groups in total. The number of nitrogens with zero attached hydrogens (tertiary/aromatic N) is 3. The van der Waals surface area contributed by atoms with Gasteiger partial charge >= 0.3 is 0 Å². The quantitative estimate of drug-likeness (QED) is 0.939. The fraction of sp³-hybridized carbons (Fsp3) is 0.588. The topological polar surface area (TPSA) is 58.1 Å². The number of fused-ring (bicyclic) bond motifs is 3. The molecule has 0 aromatic carbocycles. The molecule has 1 aliphatic carbocycles.